The van der Waals surface area contributed by atoms with Gasteiger partial charge in [-0.1, -0.05) is 0 Å². The van der Waals surface area contributed by atoms with Crippen LogP contribution in [-0.2, 0) is 10.0 Å². The van der Waals surface area contributed by atoms with Crippen LogP contribution in [0.1, 0.15) is 33.6 Å². The van der Waals surface area contributed by atoms with E-state index >= 15 is 0 Å². The van der Waals surface area contributed by atoms with Crippen LogP contribution in [0.2, 0.25) is 0 Å². The van der Waals surface area contributed by atoms with E-state index in [0.717, 1.165) is 12.1 Å². The Morgan fingerprint density at radius 3 is 2.46 bits per heavy atom. The first-order valence-electron chi connectivity index (χ1n) is 7.44. The predicted octanol–water partition coefficient (Wildman–Crippen LogP) is 0.925. The van der Waals surface area contributed by atoms with E-state index in [1.54, 1.807) is 0 Å². The van der Waals surface area contributed by atoms with E-state index in [4.69, 9.17) is 5.11 Å². The zero-order valence-corrected chi connectivity index (χ0v) is 14.0. The van der Waals surface area contributed by atoms with Crippen molar-refractivity contribution >= 4 is 21.9 Å². The highest BCUT2D eigenvalue weighted by Gasteiger charge is 2.25. The van der Waals surface area contributed by atoms with Gasteiger partial charge in [0.15, 0.2) is 0 Å². The monoisotopic (exact) mass is 358 g/mol. The molecule has 132 valence electrons. The number of carbonyl (C=O) groups is 2. The summed E-state index contributed by atoms with van der Waals surface area (Å²) in [4.78, 5) is 22.8. The average Bonchev–Trinajstić information content (AvgIpc) is 2.52. The molecule has 0 aliphatic carbocycles. The minimum absolute atomic E-state index is 0.119. The van der Waals surface area contributed by atoms with E-state index in [2.05, 4.69) is 5.32 Å². The van der Waals surface area contributed by atoms with E-state index in [1.165, 1.54) is 16.6 Å². The number of hydrogen-bond donors (Lipinski definition) is 2. The highest BCUT2D eigenvalue weighted by Crippen LogP contribution is 2.18. The first kappa shape index (κ1) is 18.3. The number of benzene rings is 1. The molecule has 0 saturated carbocycles. The van der Waals surface area contributed by atoms with Gasteiger partial charge in [0.25, 0.3) is 5.91 Å². The third kappa shape index (κ3) is 4.51. The summed E-state index contributed by atoms with van der Waals surface area (Å²) in [5.41, 5.74) is -0.439. The fourth-order valence-electron chi connectivity index (χ4n) is 2.61. The molecule has 1 fully saturated rings. The van der Waals surface area contributed by atoms with Crippen molar-refractivity contribution in [3.8, 4) is 0 Å². The number of halogens is 1. The lowest BCUT2D eigenvalue weighted by Crippen LogP contribution is -2.41. The molecular weight excluding hydrogens is 339 g/mol. The quantitative estimate of drug-likeness (QED) is 0.815. The Bertz CT molecular complexity index is 742. The number of aromatic carboxylic acids is 1. The molecule has 2 rings (SSSR count). The molecule has 7 nitrogen and oxygen atoms in total. The third-order valence-corrected chi connectivity index (χ3v) is 5.36. The number of nitrogens with zero attached hydrogens (tertiary/aromatic N) is 1. The number of nitrogens with one attached hydrogen (secondary N) is 1. The summed E-state index contributed by atoms with van der Waals surface area (Å²) in [6, 6.07) is 3.12. The minimum atomic E-state index is -3.19. The van der Waals surface area contributed by atoms with Crippen LogP contribution < -0.4 is 5.32 Å². The molecule has 0 atom stereocenters. The van der Waals surface area contributed by atoms with Crippen molar-refractivity contribution in [3.63, 3.8) is 0 Å². The number of rotatable bonds is 5. The molecule has 0 radical (unpaired) electrons. The Hall–Kier alpha value is -2.00. The molecule has 1 saturated heterocycles. The highest BCUT2D eigenvalue weighted by molar-refractivity contribution is 7.88. The van der Waals surface area contributed by atoms with E-state index in [0.29, 0.717) is 32.5 Å². The first-order valence-corrected chi connectivity index (χ1v) is 9.29. The molecule has 1 aliphatic rings. The van der Waals surface area contributed by atoms with Gasteiger partial charge in [0.05, 0.1) is 17.4 Å². The Labute approximate surface area is 139 Å². The van der Waals surface area contributed by atoms with Gasteiger partial charge in [-0.15, -0.1) is 0 Å². The zero-order chi connectivity index (χ0) is 17.9. The van der Waals surface area contributed by atoms with Gasteiger partial charge in [-0.05, 0) is 37.0 Å². The van der Waals surface area contributed by atoms with Crippen molar-refractivity contribution in [1.29, 1.82) is 0 Å². The topological polar surface area (TPSA) is 104 Å². The van der Waals surface area contributed by atoms with Crippen molar-refractivity contribution in [2.75, 3.05) is 25.9 Å². The second-order valence-electron chi connectivity index (χ2n) is 5.82. The molecule has 1 aromatic carbocycles. The number of piperidine rings is 1. The maximum Gasteiger partial charge on any atom is 0.335 e. The molecule has 24 heavy (non-hydrogen) atoms. The maximum atomic E-state index is 13.8. The second-order valence-corrected chi connectivity index (χ2v) is 7.80. The largest absolute Gasteiger partial charge is 0.478 e. The van der Waals surface area contributed by atoms with Crippen LogP contribution in [0.3, 0.4) is 0 Å². The molecule has 0 spiro atoms. The SMILES string of the molecule is CS(=O)(=O)N1CCC(CNC(=O)c2ccc(C(=O)O)cc2F)CC1. The minimum Gasteiger partial charge on any atom is -0.478 e. The lowest BCUT2D eigenvalue weighted by molar-refractivity contribution is 0.0695. The molecule has 0 unspecified atom stereocenters. The molecule has 9 heteroatoms. The van der Waals surface area contributed by atoms with Gasteiger partial charge in [-0.3, -0.25) is 4.79 Å². The number of amides is 1. The van der Waals surface area contributed by atoms with Crippen molar-refractivity contribution in [2.24, 2.45) is 5.92 Å². The lowest BCUT2D eigenvalue weighted by Gasteiger charge is -2.30. The summed E-state index contributed by atoms with van der Waals surface area (Å²) >= 11 is 0. The van der Waals surface area contributed by atoms with Crippen molar-refractivity contribution in [3.05, 3.63) is 35.1 Å². The molecule has 2 N–H and O–H groups in total. The molecule has 1 amide bonds. The summed E-state index contributed by atoms with van der Waals surface area (Å²) in [6.45, 7) is 1.12. The Morgan fingerprint density at radius 1 is 1.33 bits per heavy atom. The smallest absolute Gasteiger partial charge is 0.335 e. The number of carboxylic acids is 1. The number of hydrogen-bond acceptors (Lipinski definition) is 4. The van der Waals surface area contributed by atoms with Crippen LogP contribution in [0, 0.1) is 11.7 Å². The molecule has 0 bridgehead atoms. The normalized spacial score (nSPS) is 16.8. The van der Waals surface area contributed by atoms with Gasteiger partial charge in [0.2, 0.25) is 10.0 Å². The number of carbonyl (C=O) groups excluding carboxylic acids is 1. The van der Waals surface area contributed by atoms with Gasteiger partial charge < -0.3 is 10.4 Å². The zero-order valence-electron chi connectivity index (χ0n) is 13.2. The van der Waals surface area contributed by atoms with Gasteiger partial charge in [-0.2, -0.15) is 0 Å². The van der Waals surface area contributed by atoms with Gasteiger partial charge in [0.1, 0.15) is 5.82 Å². The number of carboxylic acid groups (broad SMARTS) is 1. The fraction of sp³-hybridized carbons (Fsp3) is 0.467. The Kier molecular flexibility index (Phi) is 5.55. The molecule has 1 heterocycles. The maximum absolute atomic E-state index is 13.8. The van der Waals surface area contributed by atoms with Crippen LogP contribution in [0.25, 0.3) is 0 Å². The first-order chi connectivity index (χ1) is 11.2. The third-order valence-electron chi connectivity index (χ3n) is 4.05. The second kappa shape index (κ2) is 7.27. The summed E-state index contributed by atoms with van der Waals surface area (Å²) in [6.07, 6.45) is 2.40. The van der Waals surface area contributed by atoms with Crippen molar-refractivity contribution < 1.29 is 27.5 Å². The highest BCUT2D eigenvalue weighted by atomic mass is 32.2. The van der Waals surface area contributed by atoms with Crippen LogP contribution in [0.15, 0.2) is 18.2 Å². The van der Waals surface area contributed by atoms with E-state index in [9.17, 15) is 22.4 Å². The predicted molar refractivity (Wildman–Crippen MR) is 84.8 cm³/mol. The Morgan fingerprint density at radius 2 is 1.96 bits per heavy atom. The van der Waals surface area contributed by atoms with E-state index in [1.807, 2.05) is 0 Å². The molecule has 0 aromatic heterocycles. The Balaban J connectivity index is 1.89. The van der Waals surface area contributed by atoms with Gasteiger partial charge in [0, 0.05) is 19.6 Å². The van der Waals surface area contributed by atoms with Crippen LogP contribution in [-0.4, -0.2) is 55.6 Å². The van der Waals surface area contributed by atoms with E-state index < -0.39 is 27.7 Å². The lowest BCUT2D eigenvalue weighted by atomic mass is 9.98. The summed E-state index contributed by atoms with van der Waals surface area (Å²) < 4.78 is 38.1. The van der Waals surface area contributed by atoms with Crippen LogP contribution in [0.5, 0.6) is 0 Å². The standard InChI is InChI=1S/C15H19FN2O5S/c1-24(22,23)18-6-4-10(5-7-18)9-17-14(19)12-3-2-11(15(20)21)8-13(12)16/h2-3,8,10H,4-7,9H2,1H3,(H,17,19)(H,20,21). The van der Waals surface area contributed by atoms with Crippen LogP contribution in [0.4, 0.5) is 4.39 Å². The van der Waals surface area contributed by atoms with Gasteiger partial charge >= 0.3 is 5.97 Å². The fourth-order valence-corrected chi connectivity index (χ4v) is 3.48. The number of sulfonamides is 1. The van der Waals surface area contributed by atoms with Crippen molar-refractivity contribution in [2.45, 2.75) is 12.8 Å². The molecule has 1 aromatic rings. The van der Waals surface area contributed by atoms with Crippen molar-refractivity contribution in [1.82, 2.24) is 9.62 Å². The molecule has 1 aliphatic heterocycles. The van der Waals surface area contributed by atoms with E-state index in [-0.39, 0.29) is 17.0 Å². The molecular formula is C15H19FN2O5S. The van der Waals surface area contributed by atoms with Gasteiger partial charge in [-0.25, -0.2) is 21.9 Å². The summed E-state index contributed by atoms with van der Waals surface area (Å²) in [5, 5.41) is 11.4. The average molecular weight is 358 g/mol. The summed E-state index contributed by atoms with van der Waals surface area (Å²) in [5.74, 6) is -2.65. The summed E-state index contributed by atoms with van der Waals surface area (Å²) in [7, 11) is -3.19. The van der Waals surface area contributed by atoms with Crippen LogP contribution >= 0.6 is 0 Å².